The Bertz CT molecular complexity index is 399. The van der Waals surface area contributed by atoms with Crippen LogP contribution in [0.1, 0.15) is 17.3 Å². The first-order valence-corrected chi connectivity index (χ1v) is 4.68. The van der Waals surface area contributed by atoms with Crippen LogP contribution in [0.2, 0.25) is 5.02 Å². The number of rotatable bonds is 4. The van der Waals surface area contributed by atoms with Gasteiger partial charge in [0.25, 0.3) is 0 Å². The van der Waals surface area contributed by atoms with Gasteiger partial charge in [-0.1, -0.05) is 18.2 Å². The number of halogens is 1. The second-order valence-electron chi connectivity index (χ2n) is 3.19. The van der Waals surface area contributed by atoms with E-state index in [4.69, 9.17) is 21.4 Å². The molecule has 1 aromatic rings. The topological polar surface area (TPSA) is 46.5 Å². The zero-order valence-corrected chi connectivity index (χ0v) is 9.04. The van der Waals surface area contributed by atoms with Crippen molar-refractivity contribution >= 4 is 17.6 Å². The van der Waals surface area contributed by atoms with E-state index in [0.29, 0.717) is 17.4 Å². The van der Waals surface area contributed by atoms with Gasteiger partial charge in [-0.25, -0.2) is 4.79 Å². The zero-order chi connectivity index (χ0) is 11.4. The Labute approximate surface area is 92.9 Å². The zero-order valence-electron chi connectivity index (χ0n) is 8.29. The molecule has 0 atom stereocenters. The molecule has 0 saturated carbocycles. The molecule has 0 bridgehead atoms. The van der Waals surface area contributed by atoms with Crippen LogP contribution in [0.15, 0.2) is 30.4 Å². The van der Waals surface area contributed by atoms with E-state index in [2.05, 4.69) is 6.58 Å². The fourth-order valence-electron chi connectivity index (χ4n) is 0.996. The van der Waals surface area contributed by atoms with E-state index in [0.717, 1.165) is 5.57 Å². The monoisotopic (exact) mass is 226 g/mol. The highest BCUT2D eigenvalue weighted by atomic mass is 35.5. The smallest absolute Gasteiger partial charge is 0.339 e. The molecule has 0 amide bonds. The molecule has 15 heavy (non-hydrogen) atoms. The fourth-order valence-corrected chi connectivity index (χ4v) is 1.17. The molecule has 0 aliphatic heterocycles. The molecular formula is C11H11ClO3. The Morgan fingerprint density at radius 2 is 2.27 bits per heavy atom. The number of aromatic carboxylic acids is 1. The van der Waals surface area contributed by atoms with Gasteiger partial charge in [0.1, 0.15) is 17.9 Å². The summed E-state index contributed by atoms with van der Waals surface area (Å²) >= 11 is 5.69. The minimum absolute atomic E-state index is 0.0590. The van der Waals surface area contributed by atoms with Crippen molar-refractivity contribution in [3.63, 3.8) is 0 Å². The number of benzene rings is 1. The van der Waals surface area contributed by atoms with Gasteiger partial charge in [-0.15, -0.1) is 0 Å². The Hall–Kier alpha value is -1.48. The predicted octanol–water partition coefficient (Wildman–Crippen LogP) is 2.99. The van der Waals surface area contributed by atoms with Crippen LogP contribution in [-0.2, 0) is 0 Å². The molecule has 0 fully saturated rings. The van der Waals surface area contributed by atoms with Crippen LogP contribution in [0.5, 0.6) is 5.75 Å². The van der Waals surface area contributed by atoms with E-state index in [-0.39, 0.29) is 5.56 Å². The highest BCUT2D eigenvalue weighted by Gasteiger charge is 2.11. The van der Waals surface area contributed by atoms with E-state index in [9.17, 15) is 4.79 Å². The lowest BCUT2D eigenvalue weighted by Gasteiger charge is -2.08. The molecule has 4 heteroatoms. The summed E-state index contributed by atoms with van der Waals surface area (Å²) in [5.41, 5.74) is 0.880. The van der Waals surface area contributed by atoms with Gasteiger partial charge in [-0.2, -0.15) is 0 Å². The quantitative estimate of drug-likeness (QED) is 0.803. The molecule has 0 spiro atoms. The van der Waals surface area contributed by atoms with Crippen molar-refractivity contribution < 1.29 is 14.6 Å². The third-order valence-corrected chi connectivity index (χ3v) is 1.88. The first kappa shape index (κ1) is 11.6. The summed E-state index contributed by atoms with van der Waals surface area (Å²) in [4.78, 5) is 10.9. The van der Waals surface area contributed by atoms with Crippen molar-refractivity contribution in [1.29, 1.82) is 0 Å². The van der Waals surface area contributed by atoms with Crippen molar-refractivity contribution in [3.05, 3.63) is 40.9 Å². The van der Waals surface area contributed by atoms with Gasteiger partial charge in [-0.3, -0.25) is 0 Å². The molecule has 80 valence electrons. The van der Waals surface area contributed by atoms with Crippen molar-refractivity contribution in [2.24, 2.45) is 0 Å². The fraction of sp³-hybridized carbons (Fsp3) is 0.182. The average Bonchev–Trinajstić information content (AvgIpc) is 2.15. The van der Waals surface area contributed by atoms with Crippen molar-refractivity contribution in [1.82, 2.24) is 0 Å². The minimum Gasteiger partial charge on any atom is -0.488 e. The molecule has 1 aromatic carbocycles. The third kappa shape index (κ3) is 3.29. The Morgan fingerprint density at radius 3 is 2.80 bits per heavy atom. The largest absolute Gasteiger partial charge is 0.488 e. The molecule has 0 aliphatic rings. The number of carboxylic acids is 1. The normalized spacial score (nSPS) is 9.73. The van der Waals surface area contributed by atoms with Gasteiger partial charge in [0.15, 0.2) is 0 Å². The standard InChI is InChI=1S/C11H11ClO3/c1-7(2)6-15-10-4-3-8(12)5-9(10)11(13)14/h3-5H,1,6H2,2H3,(H,13,14). The molecule has 0 radical (unpaired) electrons. The predicted molar refractivity (Wildman–Crippen MR) is 58.7 cm³/mol. The Kier molecular flexibility index (Phi) is 3.74. The van der Waals surface area contributed by atoms with Crippen LogP contribution < -0.4 is 4.74 Å². The molecule has 0 heterocycles. The van der Waals surface area contributed by atoms with Crippen LogP contribution in [0.3, 0.4) is 0 Å². The van der Waals surface area contributed by atoms with Crippen molar-refractivity contribution in [3.8, 4) is 5.75 Å². The third-order valence-electron chi connectivity index (χ3n) is 1.65. The van der Waals surface area contributed by atoms with Crippen LogP contribution in [0, 0.1) is 0 Å². The Balaban J connectivity index is 2.95. The first-order valence-electron chi connectivity index (χ1n) is 4.30. The van der Waals surface area contributed by atoms with Gasteiger partial charge in [-0.05, 0) is 30.7 Å². The second-order valence-corrected chi connectivity index (χ2v) is 3.63. The maximum absolute atomic E-state index is 10.9. The van der Waals surface area contributed by atoms with Gasteiger partial charge >= 0.3 is 5.97 Å². The highest BCUT2D eigenvalue weighted by Crippen LogP contribution is 2.23. The van der Waals surface area contributed by atoms with Gasteiger partial charge in [0.05, 0.1) is 0 Å². The van der Waals surface area contributed by atoms with Crippen LogP contribution in [0.4, 0.5) is 0 Å². The van der Waals surface area contributed by atoms with Gasteiger partial charge in [0.2, 0.25) is 0 Å². The SMILES string of the molecule is C=C(C)COc1ccc(Cl)cc1C(=O)O. The number of hydrogen-bond acceptors (Lipinski definition) is 2. The molecule has 0 aromatic heterocycles. The first-order chi connectivity index (χ1) is 7.00. The van der Waals surface area contributed by atoms with Crippen LogP contribution in [0.25, 0.3) is 0 Å². The molecule has 3 nitrogen and oxygen atoms in total. The lowest BCUT2D eigenvalue weighted by molar-refractivity contribution is 0.0692. The van der Waals surface area contributed by atoms with E-state index in [1.54, 1.807) is 13.0 Å². The summed E-state index contributed by atoms with van der Waals surface area (Å²) in [6.45, 7) is 5.76. The minimum atomic E-state index is -1.06. The summed E-state index contributed by atoms with van der Waals surface area (Å²) in [6, 6.07) is 4.48. The van der Waals surface area contributed by atoms with Crippen LogP contribution >= 0.6 is 11.6 Å². The average molecular weight is 227 g/mol. The highest BCUT2D eigenvalue weighted by molar-refractivity contribution is 6.31. The Morgan fingerprint density at radius 1 is 1.60 bits per heavy atom. The van der Waals surface area contributed by atoms with E-state index in [1.807, 2.05) is 0 Å². The maximum atomic E-state index is 10.9. The molecule has 1 N–H and O–H groups in total. The summed E-state index contributed by atoms with van der Waals surface area (Å²) in [6.07, 6.45) is 0. The van der Waals surface area contributed by atoms with Gasteiger partial charge in [0, 0.05) is 5.02 Å². The lowest BCUT2D eigenvalue weighted by atomic mass is 10.2. The second kappa shape index (κ2) is 4.84. The van der Waals surface area contributed by atoms with E-state index in [1.165, 1.54) is 12.1 Å². The molecule has 0 aliphatic carbocycles. The summed E-state index contributed by atoms with van der Waals surface area (Å²) in [7, 11) is 0. The van der Waals surface area contributed by atoms with Crippen LogP contribution in [-0.4, -0.2) is 17.7 Å². The van der Waals surface area contributed by atoms with Crippen molar-refractivity contribution in [2.45, 2.75) is 6.92 Å². The summed E-state index contributed by atoms with van der Waals surface area (Å²) < 4.78 is 5.28. The summed E-state index contributed by atoms with van der Waals surface area (Å²) in [5.74, 6) is -0.760. The van der Waals surface area contributed by atoms with Crippen molar-refractivity contribution in [2.75, 3.05) is 6.61 Å². The van der Waals surface area contributed by atoms with Gasteiger partial charge < -0.3 is 9.84 Å². The molecule has 0 saturated heterocycles. The molecule has 0 unspecified atom stereocenters. The molecular weight excluding hydrogens is 216 g/mol. The number of carboxylic acid groups (broad SMARTS) is 1. The maximum Gasteiger partial charge on any atom is 0.339 e. The lowest BCUT2D eigenvalue weighted by Crippen LogP contribution is -2.04. The van der Waals surface area contributed by atoms with E-state index < -0.39 is 5.97 Å². The van der Waals surface area contributed by atoms with E-state index >= 15 is 0 Å². The number of ether oxygens (including phenoxy) is 1. The molecule has 1 rings (SSSR count). The summed E-state index contributed by atoms with van der Waals surface area (Å²) in [5, 5.41) is 9.26. The number of carbonyl (C=O) groups is 1. The number of hydrogen-bond donors (Lipinski definition) is 1.